The van der Waals surface area contributed by atoms with Gasteiger partial charge in [-0.15, -0.1) is 0 Å². The number of hydrogen-bond acceptors (Lipinski definition) is 2. The molecule has 0 radical (unpaired) electrons. The second-order valence-corrected chi connectivity index (χ2v) is 1.89. The van der Waals surface area contributed by atoms with E-state index in [-0.39, 0.29) is 5.82 Å². The van der Waals surface area contributed by atoms with Gasteiger partial charge in [-0.2, -0.15) is 0 Å². The van der Waals surface area contributed by atoms with Gasteiger partial charge in [-0.1, -0.05) is 6.07 Å². The van der Waals surface area contributed by atoms with E-state index in [9.17, 15) is 4.39 Å². The van der Waals surface area contributed by atoms with E-state index in [2.05, 4.69) is 5.32 Å². The lowest BCUT2D eigenvalue weighted by Crippen LogP contribution is -2.10. The highest BCUT2D eigenvalue weighted by molar-refractivity contribution is 5.42. The summed E-state index contributed by atoms with van der Waals surface area (Å²) in [7, 11) is 0. The average Bonchev–Trinajstić information content (AvgIpc) is 1.88. The van der Waals surface area contributed by atoms with Crippen molar-refractivity contribution in [3.05, 3.63) is 30.1 Å². The first-order valence-electron chi connectivity index (χ1n) is 3.02. The highest BCUT2D eigenvalue weighted by atomic mass is 19.1. The van der Waals surface area contributed by atoms with Crippen LogP contribution in [0.15, 0.2) is 24.3 Å². The molecule has 0 saturated carbocycles. The van der Waals surface area contributed by atoms with Crippen molar-refractivity contribution >= 4 is 5.69 Å². The number of nitrogens with two attached hydrogens (primary N) is 1. The van der Waals surface area contributed by atoms with Crippen molar-refractivity contribution < 1.29 is 4.39 Å². The van der Waals surface area contributed by atoms with Crippen LogP contribution in [0.4, 0.5) is 10.1 Å². The van der Waals surface area contributed by atoms with Crippen LogP contribution in [0.5, 0.6) is 0 Å². The third-order valence-corrected chi connectivity index (χ3v) is 1.13. The van der Waals surface area contributed by atoms with Crippen LogP contribution in [0, 0.1) is 5.82 Å². The zero-order valence-corrected chi connectivity index (χ0v) is 5.47. The highest BCUT2D eigenvalue weighted by Gasteiger charge is 1.90. The Morgan fingerprint density at radius 1 is 1.50 bits per heavy atom. The summed E-state index contributed by atoms with van der Waals surface area (Å²) in [4.78, 5) is 0. The standard InChI is InChI=1S/C7H9FN2/c8-6-2-1-3-7(4-6)10-5-9/h1-4,10H,5,9H2. The summed E-state index contributed by atoms with van der Waals surface area (Å²) < 4.78 is 12.4. The molecule has 0 aliphatic heterocycles. The van der Waals surface area contributed by atoms with Gasteiger partial charge < -0.3 is 11.1 Å². The lowest BCUT2D eigenvalue weighted by molar-refractivity contribution is 0.628. The van der Waals surface area contributed by atoms with Crippen molar-refractivity contribution in [2.24, 2.45) is 5.73 Å². The first-order chi connectivity index (χ1) is 4.83. The first kappa shape index (κ1) is 7.02. The molecule has 0 heterocycles. The van der Waals surface area contributed by atoms with Crippen molar-refractivity contribution in [1.82, 2.24) is 0 Å². The van der Waals surface area contributed by atoms with Crippen molar-refractivity contribution in [3.63, 3.8) is 0 Å². The Morgan fingerprint density at radius 3 is 2.90 bits per heavy atom. The van der Waals surface area contributed by atoms with E-state index in [1.807, 2.05) is 0 Å². The van der Waals surface area contributed by atoms with Crippen LogP contribution in [0.3, 0.4) is 0 Å². The monoisotopic (exact) mass is 140 g/mol. The molecular weight excluding hydrogens is 131 g/mol. The van der Waals surface area contributed by atoms with Crippen LogP contribution in [0.2, 0.25) is 0 Å². The van der Waals surface area contributed by atoms with Crippen LogP contribution in [0.25, 0.3) is 0 Å². The minimum atomic E-state index is -0.251. The summed E-state index contributed by atoms with van der Waals surface area (Å²) in [6.07, 6.45) is 0. The molecule has 0 bridgehead atoms. The maximum atomic E-state index is 12.4. The fraction of sp³-hybridized carbons (Fsp3) is 0.143. The Kier molecular flexibility index (Phi) is 2.23. The van der Waals surface area contributed by atoms with E-state index in [4.69, 9.17) is 5.73 Å². The van der Waals surface area contributed by atoms with E-state index in [0.717, 1.165) is 0 Å². The fourth-order valence-electron chi connectivity index (χ4n) is 0.716. The van der Waals surface area contributed by atoms with Gasteiger partial charge in [-0.05, 0) is 18.2 Å². The summed E-state index contributed by atoms with van der Waals surface area (Å²) in [6.45, 7) is 0.323. The third kappa shape index (κ3) is 1.70. The second kappa shape index (κ2) is 3.17. The van der Waals surface area contributed by atoms with Crippen molar-refractivity contribution in [2.45, 2.75) is 0 Å². The van der Waals surface area contributed by atoms with Gasteiger partial charge in [0, 0.05) is 5.69 Å². The van der Waals surface area contributed by atoms with E-state index in [1.54, 1.807) is 12.1 Å². The molecule has 0 aliphatic rings. The van der Waals surface area contributed by atoms with Gasteiger partial charge in [0.05, 0.1) is 6.67 Å². The molecule has 0 aliphatic carbocycles. The Bertz CT molecular complexity index is 213. The molecule has 1 aromatic carbocycles. The normalized spacial score (nSPS) is 9.40. The fourth-order valence-corrected chi connectivity index (χ4v) is 0.716. The largest absolute Gasteiger partial charge is 0.373 e. The number of rotatable bonds is 2. The van der Waals surface area contributed by atoms with E-state index in [1.165, 1.54) is 12.1 Å². The Hall–Kier alpha value is -1.09. The number of hydrogen-bond donors (Lipinski definition) is 2. The Morgan fingerprint density at radius 2 is 2.30 bits per heavy atom. The first-order valence-corrected chi connectivity index (χ1v) is 3.02. The van der Waals surface area contributed by atoms with Gasteiger partial charge in [-0.25, -0.2) is 4.39 Å². The minimum absolute atomic E-state index is 0.251. The Labute approximate surface area is 58.9 Å². The van der Waals surface area contributed by atoms with Gasteiger partial charge in [0.15, 0.2) is 0 Å². The zero-order chi connectivity index (χ0) is 7.40. The maximum Gasteiger partial charge on any atom is 0.125 e. The maximum absolute atomic E-state index is 12.4. The van der Waals surface area contributed by atoms with Gasteiger partial charge in [0.25, 0.3) is 0 Å². The van der Waals surface area contributed by atoms with Crippen LogP contribution in [0.1, 0.15) is 0 Å². The molecule has 54 valence electrons. The van der Waals surface area contributed by atoms with Gasteiger partial charge in [0.1, 0.15) is 5.82 Å². The lowest BCUT2D eigenvalue weighted by atomic mass is 10.3. The second-order valence-electron chi connectivity index (χ2n) is 1.89. The minimum Gasteiger partial charge on any atom is -0.373 e. The molecule has 0 amide bonds. The summed E-state index contributed by atoms with van der Waals surface area (Å²) in [5.41, 5.74) is 5.89. The van der Waals surface area contributed by atoms with E-state index < -0.39 is 0 Å². The third-order valence-electron chi connectivity index (χ3n) is 1.13. The predicted molar refractivity (Wildman–Crippen MR) is 39.1 cm³/mol. The molecule has 3 N–H and O–H groups in total. The van der Waals surface area contributed by atoms with E-state index in [0.29, 0.717) is 12.4 Å². The molecule has 0 aromatic heterocycles. The zero-order valence-electron chi connectivity index (χ0n) is 5.47. The van der Waals surface area contributed by atoms with Gasteiger partial charge >= 0.3 is 0 Å². The molecule has 1 aromatic rings. The lowest BCUT2D eigenvalue weighted by Gasteiger charge is -2.00. The predicted octanol–water partition coefficient (Wildman–Crippen LogP) is 1.15. The van der Waals surface area contributed by atoms with Crippen LogP contribution >= 0.6 is 0 Å². The molecule has 1 rings (SSSR count). The average molecular weight is 140 g/mol. The molecular formula is C7H9FN2. The van der Waals surface area contributed by atoms with Crippen LogP contribution in [-0.2, 0) is 0 Å². The number of benzene rings is 1. The number of nitrogens with one attached hydrogen (secondary N) is 1. The number of anilines is 1. The van der Waals surface area contributed by atoms with Crippen molar-refractivity contribution in [3.8, 4) is 0 Å². The Balaban J connectivity index is 2.75. The summed E-state index contributed by atoms with van der Waals surface area (Å²) in [5.74, 6) is -0.251. The molecule has 0 saturated heterocycles. The molecule has 3 heteroatoms. The molecule has 0 spiro atoms. The molecule has 10 heavy (non-hydrogen) atoms. The van der Waals surface area contributed by atoms with Crippen molar-refractivity contribution in [2.75, 3.05) is 12.0 Å². The van der Waals surface area contributed by atoms with E-state index >= 15 is 0 Å². The molecule has 0 atom stereocenters. The van der Waals surface area contributed by atoms with Crippen LogP contribution < -0.4 is 11.1 Å². The quantitative estimate of drug-likeness (QED) is 0.605. The summed E-state index contributed by atoms with van der Waals surface area (Å²) in [5, 5.41) is 2.79. The smallest absolute Gasteiger partial charge is 0.125 e. The summed E-state index contributed by atoms with van der Waals surface area (Å²) in [6, 6.07) is 6.18. The SMILES string of the molecule is NCNc1cccc(F)c1. The molecule has 2 nitrogen and oxygen atoms in total. The molecule has 0 unspecified atom stereocenters. The number of halogens is 1. The van der Waals surface area contributed by atoms with Crippen molar-refractivity contribution in [1.29, 1.82) is 0 Å². The summed E-state index contributed by atoms with van der Waals surface area (Å²) >= 11 is 0. The highest BCUT2D eigenvalue weighted by Crippen LogP contribution is 2.07. The molecule has 0 fully saturated rings. The van der Waals surface area contributed by atoms with Gasteiger partial charge in [-0.3, -0.25) is 0 Å². The topological polar surface area (TPSA) is 38.0 Å². The van der Waals surface area contributed by atoms with Crippen LogP contribution in [-0.4, -0.2) is 6.67 Å². The van der Waals surface area contributed by atoms with Gasteiger partial charge in [0.2, 0.25) is 0 Å².